The van der Waals surface area contributed by atoms with Crippen molar-refractivity contribution in [3.63, 3.8) is 0 Å². The molecule has 3 atom stereocenters. The van der Waals surface area contributed by atoms with Gasteiger partial charge in [-0.15, -0.1) is 0 Å². The van der Waals surface area contributed by atoms with Crippen molar-refractivity contribution >= 4 is 23.5 Å². The number of anilines is 2. The van der Waals surface area contributed by atoms with E-state index in [0.717, 1.165) is 12.8 Å². The van der Waals surface area contributed by atoms with Crippen molar-refractivity contribution in [2.45, 2.75) is 69.4 Å². The van der Waals surface area contributed by atoms with Crippen LogP contribution in [0.3, 0.4) is 0 Å². The molecule has 2 aliphatic rings. The molecule has 0 bridgehead atoms. The second-order valence-electron chi connectivity index (χ2n) is 9.29. The fourth-order valence-electron chi connectivity index (χ4n) is 4.28. The van der Waals surface area contributed by atoms with Gasteiger partial charge in [-0.1, -0.05) is 0 Å². The van der Waals surface area contributed by atoms with Gasteiger partial charge in [-0.05, 0) is 32.6 Å². The summed E-state index contributed by atoms with van der Waals surface area (Å²) in [5, 5.41) is 12.6. The van der Waals surface area contributed by atoms with Crippen LogP contribution in [0.5, 0.6) is 0 Å². The van der Waals surface area contributed by atoms with Crippen molar-refractivity contribution in [3.05, 3.63) is 35.4 Å². The largest absolute Gasteiger partial charge is 0.443 e. The van der Waals surface area contributed by atoms with Crippen LogP contribution in [0.4, 0.5) is 29.7 Å². The van der Waals surface area contributed by atoms with E-state index >= 15 is 4.39 Å². The molecule has 3 N–H and O–H groups in total. The summed E-state index contributed by atoms with van der Waals surface area (Å²) in [4.78, 5) is 20.4. The van der Waals surface area contributed by atoms with Crippen LogP contribution in [0.25, 0.3) is 5.65 Å². The van der Waals surface area contributed by atoms with Crippen molar-refractivity contribution in [1.82, 2.24) is 29.9 Å². The summed E-state index contributed by atoms with van der Waals surface area (Å²) >= 11 is 0. The van der Waals surface area contributed by atoms with Gasteiger partial charge in [0.1, 0.15) is 23.6 Å². The highest BCUT2D eigenvalue weighted by atomic mass is 19.3. The second kappa shape index (κ2) is 9.02. The predicted octanol–water partition coefficient (Wildman–Crippen LogP) is 4.14. The molecule has 2 fully saturated rings. The molecule has 0 unspecified atom stereocenters. The van der Waals surface area contributed by atoms with Gasteiger partial charge in [0.15, 0.2) is 5.82 Å². The first kappa shape index (κ1) is 23.4. The zero-order chi connectivity index (χ0) is 24.7. The number of hydrogen-bond acceptors (Lipinski definition) is 7. The lowest BCUT2D eigenvalue weighted by molar-refractivity contribution is 0.0546. The number of methoxy groups -OCH3 is 1. The monoisotopic (exact) mass is 493 g/mol. The number of aromatic amines is 1. The van der Waals surface area contributed by atoms with Crippen LogP contribution >= 0.6 is 0 Å². The Morgan fingerprint density at radius 2 is 2.11 bits per heavy atom. The zero-order valence-electron chi connectivity index (χ0n) is 19.2. The quantitative estimate of drug-likeness (QED) is 0.432. The highest BCUT2D eigenvalue weighted by Gasteiger charge is 2.43. The van der Waals surface area contributed by atoms with Gasteiger partial charge in [-0.2, -0.15) is 5.10 Å². The predicted molar refractivity (Wildman–Crippen MR) is 118 cm³/mol. The molecule has 5 rings (SSSR count). The number of H-pyrrole nitrogens is 1. The molecular formula is C22H26F3N7O3. The average molecular weight is 493 g/mol. The Balaban J connectivity index is 1.30. The number of carbonyl (C=O) groups is 1. The molecule has 2 aliphatic carbocycles. The van der Waals surface area contributed by atoms with Crippen LogP contribution in [-0.2, 0) is 16.1 Å². The number of halogens is 3. The third-order valence-corrected chi connectivity index (χ3v) is 6.44. The minimum atomic E-state index is -2.79. The van der Waals surface area contributed by atoms with Crippen molar-refractivity contribution in [2.75, 3.05) is 12.4 Å². The highest BCUT2D eigenvalue weighted by molar-refractivity contribution is 5.69. The molecule has 0 aromatic carbocycles. The standard InChI is InChI=1S/C22H26F3N7O3/c1-22(5-6-22)29-21(33)35-15-4-3-12(18(15)23)13-7-16(31-30-13)28-20-27-14(19(24)25)8-17-26-11(10-34-2)9-32(17)20/h7-9,12,15,18-19H,3-6,10H2,1-2H3,(H,29,33)(H2,27,28,30,31)/t12-,15-,18-/m1/s1. The zero-order valence-corrected chi connectivity index (χ0v) is 19.2. The normalized spacial score (nSPS) is 23.1. The molecule has 188 valence electrons. The van der Waals surface area contributed by atoms with E-state index in [2.05, 4.69) is 30.8 Å². The number of alkyl carbamates (subject to hydrolysis) is 1. The van der Waals surface area contributed by atoms with Gasteiger partial charge >= 0.3 is 6.09 Å². The SMILES string of the molecule is COCc1cn2c(Nc3cc([C@H]4CC[C@@H](OC(=O)NC5(C)CC5)[C@@H]4F)[nH]n3)nc(C(F)F)cc2n1. The molecule has 0 saturated heterocycles. The average Bonchev–Trinajstić information content (AvgIpc) is 3.14. The van der Waals surface area contributed by atoms with Crippen molar-refractivity contribution < 1.29 is 27.4 Å². The third kappa shape index (κ3) is 4.90. The lowest BCUT2D eigenvalue weighted by atomic mass is 10.0. The number of imidazole rings is 1. The number of nitrogens with one attached hydrogen (secondary N) is 3. The van der Waals surface area contributed by atoms with Crippen molar-refractivity contribution in [3.8, 4) is 0 Å². The number of amides is 1. The van der Waals surface area contributed by atoms with Crippen LogP contribution in [0, 0.1) is 0 Å². The smallest absolute Gasteiger partial charge is 0.407 e. The van der Waals surface area contributed by atoms with Crippen LogP contribution in [0.2, 0.25) is 0 Å². The number of rotatable bonds is 8. The van der Waals surface area contributed by atoms with Gasteiger partial charge in [0, 0.05) is 42.6 Å². The maximum Gasteiger partial charge on any atom is 0.407 e. The fraction of sp³-hybridized carbons (Fsp3) is 0.545. The number of hydrogen-bond donors (Lipinski definition) is 3. The van der Waals surface area contributed by atoms with E-state index in [1.165, 1.54) is 17.6 Å². The molecular weight excluding hydrogens is 467 g/mol. The number of nitrogens with zero attached hydrogens (tertiary/aromatic N) is 4. The number of carbonyl (C=O) groups excluding carboxylic acids is 1. The lowest BCUT2D eigenvalue weighted by Gasteiger charge is -2.19. The minimum Gasteiger partial charge on any atom is -0.443 e. The summed E-state index contributed by atoms with van der Waals surface area (Å²) in [6.45, 7) is 2.12. The minimum absolute atomic E-state index is 0.0837. The summed E-state index contributed by atoms with van der Waals surface area (Å²) in [5.41, 5.74) is 0.642. The number of alkyl halides is 3. The molecule has 1 amide bonds. The van der Waals surface area contributed by atoms with E-state index in [-0.39, 0.29) is 29.6 Å². The number of ether oxygens (including phenoxy) is 2. The maximum absolute atomic E-state index is 15.1. The molecule has 0 spiro atoms. The van der Waals surface area contributed by atoms with E-state index in [1.54, 1.807) is 12.3 Å². The topological polar surface area (TPSA) is 118 Å². The van der Waals surface area contributed by atoms with Crippen LogP contribution in [-0.4, -0.2) is 55.6 Å². The van der Waals surface area contributed by atoms with E-state index in [4.69, 9.17) is 9.47 Å². The van der Waals surface area contributed by atoms with Gasteiger partial charge < -0.3 is 20.1 Å². The van der Waals surface area contributed by atoms with Gasteiger partial charge in [0.25, 0.3) is 6.43 Å². The molecule has 0 radical (unpaired) electrons. The van der Waals surface area contributed by atoms with Crippen molar-refractivity contribution in [2.24, 2.45) is 0 Å². The van der Waals surface area contributed by atoms with Gasteiger partial charge in [0.05, 0.1) is 12.3 Å². The lowest BCUT2D eigenvalue weighted by Crippen LogP contribution is -2.38. The Bertz CT molecular complexity index is 1230. The second-order valence-corrected chi connectivity index (χ2v) is 9.29. The van der Waals surface area contributed by atoms with Gasteiger partial charge in [0.2, 0.25) is 5.95 Å². The molecule has 3 aromatic rings. The third-order valence-electron chi connectivity index (χ3n) is 6.44. The molecule has 10 nitrogen and oxygen atoms in total. The molecule has 3 aromatic heterocycles. The Hall–Kier alpha value is -3.35. The highest BCUT2D eigenvalue weighted by Crippen LogP contribution is 2.39. The van der Waals surface area contributed by atoms with E-state index in [1.807, 2.05) is 6.92 Å². The first-order valence-electron chi connectivity index (χ1n) is 11.4. The van der Waals surface area contributed by atoms with Gasteiger partial charge in [-0.25, -0.2) is 27.9 Å². The summed E-state index contributed by atoms with van der Waals surface area (Å²) in [6.07, 6.45) is -1.42. The first-order valence-corrected chi connectivity index (χ1v) is 11.4. The summed E-state index contributed by atoms with van der Waals surface area (Å²) in [7, 11) is 1.51. The molecule has 35 heavy (non-hydrogen) atoms. The summed E-state index contributed by atoms with van der Waals surface area (Å²) < 4.78 is 53.8. The summed E-state index contributed by atoms with van der Waals surface area (Å²) in [5.74, 6) is -0.187. The molecule has 0 aliphatic heterocycles. The molecule has 13 heteroatoms. The fourth-order valence-corrected chi connectivity index (χ4v) is 4.28. The first-order chi connectivity index (χ1) is 16.7. The molecule has 3 heterocycles. The van der Waals surface area contributed by atoms with Crippen molar-refractivity contribution in [1.29, 1.82) is 0 Å². The Labute approximate surface area is 198 Å². The van der Waals surface area contributed by atoms with E-state index in [0.29, 0.717) is 24.2 Å². The number of aromatic nitrogens is 5. The Morgan fingerprint density at radius 1 is 1.31 bits per heavy atom. The number of fused-ring (bicyclic) bond motifs is 1. The molecule has 2 saturated carbocycles. The maximum atomic E-state index is 15.1. The van der Waals surface area contributed by atoms with Crippen LogP contribution in [0.15, 0.2) is 18.3 Å². The Kier molecular flexibility index (Phi) is 6.03. The van der Waals surface area contributed by atoms with E-state index in [9.17, 15) is 13.6 Å². The summed E-state index contributed by atoms with van der Waals surface area (Å²) in [6, 6.07) is 2.80. The van der Waals surface area contributed by atoms with Gasteiger partial charge in [-0.3, -0.25) is 9.50 Å². The van der Waals surface area contributed by atoms with Crippen LogP contribution in [0.1, 0.15) is 62.0 Å². The van der Waals surface area contributed by atoms with Crippen LogP contribution < -0.4 is 10.6 Å². The Morgan fingerprint density at radius 3 is 2.83 bits per heavy atom. The van der Waals surface area contributed by atoms with E-state index < -0.39 is 36.4 Å².